The Kier molecular flexibility index (Phi) is 3.09. The summed E-state index contributed by atoms with van der Waals surface area (Å²) in [5.74, 6) is 2.07. The fourth-order valence-corrected chi connectivity index (χ4v) is 2.28. The van der Waals surface area contributed by atoms with E-state index in [0.717, 1.165) is 18.2 Å². The van der Waals surface area contributed by atoms with E-state index < -0.39 is 0 Å². The van der Waals surface area contributed by atoms with Crippen LogP contribution in [-0.4, -0.2) is 24.6 Å². The molecule has 1 aromatic heterocycles. The van der Waals surface area contributed by atoms with Crippen LogP contribution in [0, 0.1) is 0 Å². The summed E-state index contributed by atoms with van der Waals surface area (Å²) in [4.78, 5) is 7.02. The van der Waals surface area contributed by atoms with Crippen molar-refractivity contribution >= 4 is 11.6 Å². The Morgan fingerprint density at radius 2 is 2.40 bits per heavy atom. The van der Waals surface area contributed by atoms with E-state index in [2.05, 4.69) is 34.3 Å². The van der Waals surface area contributed by atoms with Crippen LogP contribution < -0.4 is 10.2 Å². The highest BCUT2D eigenvalue weighted by Crippen LogP contribution is 2.26. The molecule has 1 saturated heterocycles. The maximum Gasteiger partial charge on any atom is 0.131 e. The Morgan fingerprint density at radius 1 is 1.53 bits per heavy atom. The first-order valence-corrected chi connectivity index (χ1v) is 5.76. The summed E-state index contributed by atoms with van der Waals surface area (Å²) in [7, 11) is 1.91. The van der Waals surface area contributed by atoms with Crippen molar-refractivity contribution in [3.05, 3.63) is 18.2 Å². The molecule has 1 N–H and O–H groups in total. The predicted octanol–water partition coefficient (Wildman–Crippen LogP) is 2.50. The van der Waals surface area contributed by atoms with Crippen LogP contribution in [0.15, 0.2) is 18.2 Å². The smallest absolute Gasteiger partial charge is 0.131 e. The van der Waals surface area contributed by atoms with Gasteiger partial charge in [0.15, 0.2) is 0 Å². The first-order valence-electron chi connectivity index (χ1n) is 5.76. The first-order chi connectivity index (χ1) is 7.35. The third-order valence-electron chi connectivity index (χ3n) is 3.13. The van der Waals surface area contributed by atoms with E-state index in [1.54, 1.807) is 0 Å². The molecule has 0 aromatic carbocycles. The van der Waals surface area contributed by atoms with E-state index in [0.29, 0.717) is 6.04 Å². The van der Waals surface area contributed by atoms with Crippen LogP contribution in [0.2, 0.25) is 0 Å². The van der Waals surface area contributed by atoms with Gasteiger partial charge in [0, 0.05) is 19.6 Å². The van der Waals surface area contributed by atoms with Crippen LogP contribution in [0.25, 0.3) is 0 Å². The predicted molar refractivity (Wildman–Crippen MR) is 64.4 cm³/mol. The van der Waals surface area contributed by atoms with Crippen molar-refractivity contribution < 1.29 is 0 Å². The Labute approximate surface area is 91.5 Å². The van der Waals surface area contributed by atoms with Crippen LogP contribution in [0.1, 0.15) is 26.2 Å². The van der Waals surface area contributed by atoms with Crippen LogP contribution in [0.4, 0.5) is 11.6 Å². The van der Waals surface area contributed by atoms with Crippen molar-refractivity contribution in [3.63, 3.8) is 0 Å². The number of pyridine rings is 1. The van der Waals surface area contributed by atoms with E-state index in [1.807, 2.05) is 13.1 Å². The summed E-state index contributed by atoms with van der Waals surface area (Å²) in [6.07, 6.45) is 3.82. The SMILES string of the molecule is CCC1CCCN1c1cccc(NC)n1. The second-order valence-corrected chi connectivity index (χ2v) is 4.03. The van der Waals surface area contributed by atoms with Crippen molar-refractivity contribution in [2.45, 2.75) is 32.2 Å². The van der Waals surface area contributed by atoms with Gasteiger partial charge in [-0.2, -0.15) is 0 Å². The van der Waals surface area contributed by atoms with Crippen LogP contribution in [-0.2, 0) is 0 Å². The lowest BCUT2D eigenvalue weighted by molar-refractivity contribution is 0.641. The highest BCUT2D eigenvalue weighted by atomic mass is 15.2. The van der Waals surface area contributed by atoms with Gasteiger partial charge in [-0.1, -0.05) is 13.0 Å². The van der Waals surface area contributed by atoms with Crippen LogP contribution in [0.5, 0.6) is 0 Å². The van der Waals surface area contributed by atoms with Crippen molar-refractivity contribution in [3.8, 4) is 0 Å². The molecule has 82 valence electrons. The molecular formula is C12H19N3. The van der Waals surface area contributed by atoms with Gasteiger partial charge in [0.05, 0.1) is 0 Å². The van der Waals surface area contributed by atoms with Gasteiger partial charge in [0.1, 0.15) is 11.6 Å². The molecule has 1 aromatic rings. The number of nitrogens with zero attached hydrogens (tertiary/aromatic N) is 2. The molecule has 1 atom stereocenters. The maximum atomic E-state index is 4.59. The third kappa shape index (κ3) is 2.06. The zero-order valence-electron chi connectivity index (χ0n) is 9.53. The molecule has 3 heteroatoms. The molecule has 1 unspecified atom stereocenters. The lowest BCUT2D eigenvalue weighted by Crippen LogP contribution is -2.29. The summed E-state index contributed by atoms with van der Waals surface area (Å²) in [6, 6.07) is 6.86. The van der Waals surface area contributed by atoms with E-state index in [4.69, 9.17) is 0 Å². The van der Waals surface area contributed by atoms with Crippen LogP contribution >= 0.6 is 0 Å². The van der Waals surface area contributed by atoms with E-state index in [1.165, 1.54) is 19.3 Å². The van der Waals surface area contributed by atoms with Gasteiger partial charge >= 0.3 is 0 Å². The minimum Gasteiger partial charge on any atom is -0.373 e. The average molecular weight is 205 g/mol. The molecule has 0 saturated carbocycles. The second-order valence-electron chi connectivity index (χ2n) is 4.03. The minimum absolute atomic E-state index is 0.685. The van der Waals surface area contributed by atoms with Gasteiger partial charge in [-0.25, -0.2) is 4.98 Å². The second kappa shape index (κ2) is 4.51. The number of anilines is 2. The molecule has 3 nitrogen and oxygen atoms in total. The fraction of sp³-hybridized carbons (Fsp3) is 0.583. The summed E-state index contributed by atoms with van der Waals surface area (Å²) < 4.78 is 0. The molecule has 0 amide bonds. The molecule has 15 heavy (non-hydrogen) atoms. The number of hydrogen-bond acceptors (Lipinski definition) is 3. The highest BCUT2D eigenvalue weighted by molar-refractivity contribution is 5.48. The summed E-state index contributed by atoms with van der Waals surface area (Å²) in [5.41, 5.74) is 0. The maximum absolute atomic E-state index is 4.59. The van der Waals surface area contributed by atoms with Gasteiger partial charge in [0.2, 0.25) is 0 Å². The number of aromatic nitrogens is 1. The van der Waals surface area contributed by atoms with Gasteiger partial charge < -0.3 is 10.2 Å². The van der Waals surface area contributed by atoms with Gasteiger partial charge in [-0.3, -0.25) is 0 Å². The largest absolute Gasteiger partial charge is 0.373 e. The van der Waals surface area contributed by atoms with Gasteiger partial charge in [-0.05, 0) is 31.4 Å². The molecule has 1 aliphatic heterocycles. The zero-order chi connectivity index (χ0) is 10.7. The molecule has 1 fully saturated rings. The lowest BCUT2D eigenvalue weighted by Gasteiger charge is -2.24. The quantitative estimate of drug-likeness (QED) is 0.821. The highest BCUT2D eigenvalue weighted by Gasteiger charge is 2.23. The molecule has 0 spiro atoms. The molecule has 0 bridgehead atoms. The van der Waals surface area contributed by atoms with Gasteiger partial charge in [-0.15, -0.1) is 0 Å². The van der Waals surface area contributed by atoms with Crippen molar-refractivity contribution in [1.29, 1.82) is 0 Å². The van der Waals surface area contributed by atoms with Crippen LogP contribution in [0.3, 0.4) is 0 Å². The lowest BCUT2D eigenvalue weighted by atomic mass is 10.2. The fourth-order valence-electron chi connectivity index (χ4n) is 2.28. The van der Waals surface area contributed by atoms with Crippen molar-refractivity contribution in [2.24, 2.45) is 0 Å². The number of nitrogens with one attached hydrogen (secondary N) is 1. The van der Waals surface area contributed by atoms with E-state index in [9.17, 15) is 0 Å². The third-order valence-corrected chi connectivity index (χ3v) is 3.13. The van der Waals surface area contributed by atoms with E-state index in [-0.39, 0.29) is 0 Å². The standard InChI is InChI=1S/C12H19N3/c1-3-10-6-5-9-15(10)12-8-4-7-11(13-2)14-12/h4,7-8,10H,3,5-6,9H2,1-2H3,(H,13,14). The van der Waals surface area contributed by atoms with Gasteiger partial charge in [0.25, 0.3) is 0 Å². The molecule has 2 heterocycles. The topological polar surface area (TPSA) is 28.2 Å². The Balaban J connectivity index is 2.20. The Hall–Kier alpha value is -1.25. The zero-order valence-corrected chi connectivity index (χ0v) is 9.53. The Bertz CT molecular complexity index is 324. The first kappa shape index (κ1) is 10.3. The summed E-state index contributed by atoms with van der Waals surface area (Å²) >= 11 is 0. The molecule has 2 rings (SSSR count). The number of hydrogen-bond donors (Lipinski definition) is 1. The van der Waals surface area contributed by atoms with Crippen molar-refractivity contribution in [2.75, 3.05) is 23.8 Å². The van der Waals surface area contributed by atoms with Crippen molar-refractivity contribution in [1.82, 2.24) is 4.98 Å². The number of rotatable bonds is 3. The Morgan fingerprint density at radius 3 is 3.13 bits per heavy atom. The summed E-state index contributed by atoms with van der Waals surface area (Å²) in [5, 5.41) is 3.09. The molecule has 1 aliphatic rings. The van der Waals surface area contributed by atoms with E-state index >= 15 is 0 Å². The monoisotopic (exact) mass is 205 g/mol. The minimum atomic E-state index is 0.685. The molecule has 0 radical (unpaired) electrons. The normalized spacial score (nSPS) is 20.7. The molecular weight excluding hydrogens is 186 g/mol. The molecule has 0 aliphatic carbocycles. The summed E-state index contributed by atoms with van der Waals surface area (Å²) in [6.45, 7) is 3.41. The average Bonchev–Trinajstić information content (AvgIpc) is 2.77.